The summed E-state index contributed by atoms with van der Waals surface area (Å²) in [6.07, 6.45) is 0. The van der Waals surface area contributed by atoms with Crippen LogP contribution in [0, 0.1) is 0 Å². The number of halogens is 1. The normalized spacial score (nSPS) is 16.6. The van der Waals surface area contributed by atoms with Crippen molar-refractivity contribution < 1.29 is 9.53 Å². The van der Waals surface area contributed by atoms with E-state index in [-0.39, 0.29) is 5.91 Å². The monoisotopic (exact) mass is 415 g/mol. The van der Waals surface area contributed by atoms with Crippen molar-refractivity contribution in [3.05, 3.63) is 70.4 Å². The van der Waals surface area contributed by atoms with E-state index >= 15 is 0 Å². The van der Waals surface area contributed by atoms with Crippen molar-refractivity contribution in [3.63, 3.8) is 0 Å². The van der Waals surface area contributed by atoms with Gasteiger partial charge in [0.2, 0.25) is 0 Å². The molecule has 0 bridgehead atoms. The summed E-state index contributed by atoms with van der Waals surface area (Å²) < 4.78 is 5.35. The molecule has 2 aromatic carbocycles. The Morgan fingerprint density at radius 2 is 2.04 bits per heavy atom. The number of nitrogens with one attached hydrogen (secondary N) is 2. The van der Waals surface area contributed by atoms with E-state index in [2.05, 4.69) is 10.6 Å². The van der Waals surface area contributed by atoms with Crippen LogP contribution in [0.25, 0.3) is 0 Å². The van der Waals surface area contributed by atoms with E-state index in [1.165, 1.54) is 0 Å². The SMILES string of the molecule is CCN1C(=S)N[C@H](c2cccc(Cl)c2)C(C(=O)Nc2ccccc2OC)=C1C. The lowest BCUT2D eigenvalue weighted by atomic mass is 9.94. The predicted molar refractivity (Wildman–Crippen MR) is 117 cm³/mol. The molecular weight excluding hydrogens is 394 g/mol. The number of nitrogens with zero attached hydrogens (tertiary/aromatic N) is 1. The van der Waals surface area contributed by atoms with E-state index < -0.39 is 6.04 Å². The summed E-state index contributed by atoms with van der Waals surface area (Å²) in [6.45, 7) is 4.56. The maximum Gasteiger partial charge on any atom is 0.255 e. The first-order valence-electron chi connectivity index (χ1n) is 8.94. The van der Waals surface area contributed by atoms with Crippen LogP contribution in [-0.4, -0.2) is 29.6 Å². The van der Waals surface area contributed by atoms with Crippen LogP contribution in [0.4, 0.5) is 5.69 Å². The van der Waals surface area contributed by atoms with Crippen molar-refractivity contribution >= 4 is 40.5 Å². The number of carbonyl (C=O) groups is 1. The number of carbonyl (C=O) groups excluding carboxylic acids is 1. The Hall–Kier alpha value is -2.57. The number of thiocarbonyl (C=S) groups is 1. The maximum atomic E-state index is 13.3. The number of rotatable bonds is 5. The van der Waals surface area contributed by atoms with Crippen LogP contribution >= 0.6 is 23.8 Å². The summed E-state index contributed by atoms with van der Waals surface area (Å²) in [4.78, 5) is 15.2. The molecule has 2 N–H and O–H groups in total. The molecule has 0 unspecified atom stereocenters. The second-order valence-corrected chi connectivity index (χ2v) is 7.16. The molecule has 1 atom stereocenters. The summed E-state index contributed by atoms with van der Waals surface area (Å²) in [5.74, 6) is 0.375. The molecule has 1 amide bonds. The number of benzene rings is 2. The fraction of sp³-hybridized carbons (Fsp3) is 0.238. The number of hydrogen-bond acceptors (Lipinski definition) is 3. The van der Waals surface area contributed by atoms with Gasteiger partial charge < -0.3 is 20.3 Å². The Kier molecular flexibility index (Phi) is 6.21. The molecular formula is C21H22ClN3O2S. The summed E-state index contributed by atoms with van der Waals surface area (Å²) in [6, 6.07) is 14.3. The van der Waals surface area contributed by atoms with Crippen molar-refractivity contribution in [3.8, 4) is 5.75 Å². The van der Waals surface area contributed by atoms with Gasteiger partial charge in [-0.15, -0.1) is 0 Å². The van der Waals surface area contributed by atoms with Crippen molar-refractivity contribution in [2.75, 3.05) is 19.0 Å². The van der Waals surface area contributed by atoms with Crippen LogP contribution in [0.5, 0.6) is 5.75 Å². The third-order valence-electron chi connectivity index (χ3n) is 4.69. The van der Waals surface area contributed by atoms with E-state index in [0.29, 0.717) is 33.7 Å². The number of allylic oxidation sites excluding steroid dienone is 1. The van der Waals surface area contributed by atoms with Gasteiger partial charge in [0.05, 0.1) is 24.4 Å². The van der Waals surface area contributed by atoms with Gasteiger partial charge in [-0.25, -0.2) is 0 Å². The highest BCUT2D eigenvalue weighted by molar-refractivity contribution is 7.80. The third-order valence-corrected chi connectivity index (χ3v) is 5.27. The summed E-state index contributed by atoms with van der Waals surface area (Å²) in [7, 11) is 1.57. The van der Waals surface area contributed by atoms with Gasteiger partial charge in [0.25, 0.3) is 5.91 Å². The quantitative estimate of drug-likeness (QED) is 0.703. The van der Waals surface area contributed by atoms with Gasteiger partial charge in [-0.05, 0) is 55.9 Å². The van der Waals surface area contributed by atoms with Gasteiger partial charge in [0, 0.05) is 17.3 Å². The topological polar surface area (TPSA) is 53.6 Å². The van der Waals surface area contributed by atoms with Crippen LogP contribution in [0.1, 0.15) is 25.5 Å². The fourth-order valence-corrected chi connectivity index (χ4v) is 3.91. The Balaban J connectivity index is 2.04. The van der Waals surface area contributed by atoms with Gasteiger partial charge in [0.15, 0.2) is 5.11 Å². The van der Waals surface area contributed by atoms with E-state index in [1.54, 1.807) is 25.3 Å². The van der Waals surface area contributed by atoms with Crippen molar-refractivity contribution in [2.45, 2.75) is 19.9 Å². The smallest absolute Gasteiger partial charge is 0.255 e. The zero-order valence-electron chi connectivity index (χ0n) is 16.0. The Bertz CT molecular complexity index is 945. The largest absolute Gasteiger partial charge is 0.495 e. The molecule has 0 saturated heterocycles. The minimum atomic E-state index is -0.399. The van der Waals surface area contributed by atoms with Crippen molar-refractivity contribution in [1.82, 2.24) is 10.2 Å². The molecule has 0 fully saturated rings. The van der Waals surface area contributed by atoms with Gasteiger partial charge in [-0.3, -0.25) is 4.79 Å². The molecule has 1 aliphatic heterocycles. The highest BCUT2D eigenvalue weighted by atomic mass is 35.5. The highest BCUT2D eigenvalue weighted by Gasteiger charge is 2.33. The first kappa shape index (κ1) is 20.2. The maximum absolute atomic E-state index is 13.3. The van der Waals surface area contributed by atoms with E-state index in [1.807, 2.05) is 49.1 Å². The molecule has 3 rings (SSSR count). The minimum Gasteiger partial charge on any atom is -0.495 e. The minimum absolute atomic E-state index is 0.222. The number of amides is 1. The average molecular weight is 416 g/mol. The van der Waals surface area contributed by atoms with E-state index in [9.17, 15) is 4.79 Å². The molecule has 0 aromatic heterocycles. The summed E-state index contributed by atoms with van der Waals surface area (Å²) in [5, 5.41) is 7.44. The van der Waals surface area contributed by atoms with Crippen LogP contribution in [-0.2, 0) is 4.79 Å². The summed E-state index contributed by atoms with van der Waals surface area (Å²) >= 11 is 11.7. The number of para-hydroxylation sites is 2. The standard InChI is InChI=1S/C21H22ClN3O2S/c1-4-25-13(2)18(20(26)23-16-10-5-6-11-17(16)27-3)19(24-21(25)28)14-8-7-9-15(22)12-14/h5-12,19H,4H2,1-3H3,(H,23,26)(H,24,28)/t19-/m1/s1. The van der Waals surface area contributed by atoms with E-state index in [0.717, 1.165) is 11.3 Å². The lowest BCUT2D eigenvalue weighted by Gasteiger charge is -2.37. The zero-order chi connectivity index (χ0) is 20.3. The third kappa shape index (κ3) is 3.98. The number of hydrogen-bond donors (Lipinski definition) is 2. The number of anilines is 1. The van der Waals surface area contributed by atoms with Crippen LogP contribution in [0.15, 0.2) is 59.8 Å². The molecule has 0 radical (unpaired) electrons. The number of ether oxygens (including phenoxy) is 1. The van der Waals surface area contributed by atoms with Gasteiger partial charge >= 0.3 is 0 Å². The molecule has 2 aromatic rings. The molecule has 5 nitrogen and oxygen atoms in total. The van der Waals surface area contributed by atoms with Gasteiger partial charge in [-0.2, -0.15) is 0 Å². The first-order valence-corrected chi connectivity index (χ1v) is 9.73. The Labute approximate surface area is 175 Å². The summed E-state index contributed by atoms with van der Waals surface area (Å²) in [5.41, 5.74) is 2.87. The fourth-order valence-electron chi connectivity index (χ4n) is 3.33. The van der Waals surface area contributed by atoms with Crippen LogP contribution in [0.2, 0.25) is 5.02 Å². The number of methoxy groups -OCH3 is 1. The highest BCUT2D eigenvalue weighted by Crippen LogP contribution is 2.33. The molecule has 0 saturated carbocycles. The average Bonchev–Trinajstić information content (AvgIpc) is 2.68. The van der Waals surface area contributed by atoms with Gasteiger partial charge in [-0.1, -0.05) is 35.9 Å². The van der Waals surface area contributed by atoms with Gasteiger partial charge in [0.1, 0.15) is 5.75 Å². The molecule has 28 heavy (non-hydrogen) atoms. The van der Waals surface area contributed by atoms with Crippen LogP contribution < -0.4 is 15.4 Å². The Morgan fingerprint density at radius 1 is 1.29 bits per heavy atom. The Morgan fingerprint density at radius 3 is 2.71 bits per heavy atom. The van der Waals surface area contributed by atoms with E-state index in [4.69, 9.17) is 28.6 Å². The lowest BCUT2D eigenvalue weighted by molar-refractivity contribution is -0.113. The molecule has 0 spiro atoms. The molecule has 7 heteroatoms. The molecule has 1 aliphatic rings. The first-order chi connectivity index (χ1) is 13.5. The van der Waals surface area contributed by atoms with Crippen molar-refractivity contribution in [2.24, 2.45) is 0 Å². The molecule has 1 heterocycles. The zero-order valence-corrected chi connectivity index (χ0v) is 17.5. The second-order valence-electron chi connectivity index (χ2n) is 6.34. The molecule has 146 valence electrons. The second kappa shape index (κ2) is 8.63. The molecule has 0 aliphatic carbocycles. The van der Waals surface area contributed by atoms with Crippen LogP contribution in [0.3, 0.4) is 0 Å². The van der Waals surface area contributed by atoms with Crippen molar-refractivity contribution in [1.29, 1.82) is 0 Å². The lowest BCUT2D eigenvalue weighted by Crippen LogP contribution is -2.48. The predicted octanol–water partition coefficient (Wildman–Crippen LogP) is 4.51.